The molecule has 17 heavy (non-hydrogen) atoms. The van der Waals surface area contributed by atoms with E-state index in [-0.39, 0.29) is 0 Å². The second-order valence-electron chi connectivity index (χ2n) is 3.68. The van der Waals surface area contributed by atoms with Crippen molar-refractivity contribution in [2.24, 2.45) is 5.16 Å². The molecular formula is C13H16N2O2. The standard InChI is InChI=1S/C13H16N2O2/c1-11(15-16)12-6-5-7-13(10-12)17-9-4-2-3-8-14/h5-7,10,16H,2-4,9H2,1H3/b15-11-. The molecule has 0 spiro atoms. The van der Waals surface area contributed by atoms with Gasteiger partial charge >= 0.3 is 0 Å². The summed E-state index contributed by atoms with van der Waals surface area (Å²) in [4.78, 5) is 0. The van der Waals surface area contributed by atoms with Crippen LogP contribution in [-0.2, 0) is 0 Å². The van der Waals surface area contributed by atoms with Gasteiger partial charge in [-0.3, -0.25) is 0 Å². The minimum absolute atomic E-state index is 0.555. The zero-order valence-corrected chi connectivity index (χ0v) is 9.89. The van der Waals surface area contributed by atoms with Gasteiger partial charge in [0.2, 0.25) is 0 Å². The lowest BCUT2D eigenvalue weighted by atomic mass is 10.1. The van der Waals surface area contributed by atoms with Crippen molar-refractivity contribution in [3.8, 4) is 11.8 Å². The second kappa shape index (κ2) is 7.29. The van der Waals surface area contributed by atoms with E-state index in [1.54, 1.807) is 6.92 Å². The van der Waals surface area contributed by atoms with E-state index < -0.39 is 0 Å². The Morgan fingerprint density at radius 1 is 1.47 bits per heavy atom. The van der Waals surface area contributed by atoms with E-state index in [0.29, 0.717) is 18.7 Å². The van der Waals surface area contributed by atoms with Crippen molar-refractivity contribution >= 4 is 5.71 Å². The summed E-state index contributed by atoms with van der Waals surface area (Å²) in [5.74, 6) is 0.752. The van der Waals surface area contributed by atoms with Crippen LogP contribution >= 0.6 is 0 Å². The minimum Gasteiger partial charge on any atom is -0.494 e. The molecule has 0 saturated heterocycles. The minimum atomic E-state index is 0.555. The summed E-state index contributed by atoms with van der Waals surface area (Å²) in [6, 6.07) is 9.51. The van der Waals surface area contributed by atoms with Gasteiger partial charge in [-0.1, -0.05) is 17.3 Å². The number of oxime groups is 1. The Bertz CT molecular complexity index is 422. The Labute approximate surface area is 101 Å². The predicted octanol–water partition coefficient (Wildman–Crippen LogP) is 2.96. The maximum absolute atomic E-state index is 8.67. The van der Waals surface area contributed by atoms with Crippen LogP contribution < -0.4 is 4.74 Å². The van der Waals surface area contributed by atoms with Crippen LogP contribution in [0.15, 0.2) is 29.4 Å². The summed E-state index contributed by atoms with van der Waals surface area (Å²) in [5, 5.41) is 20.2. The Kier molecular flexibility index (Phi) is 5.59. The van der Waals surface area contributed by atoms with Crippen LogP contribution in [0.1, 0.15) is 31.7 Å². The summed E-state index contributed by atoms with van der Waals surface area (Å²) in [7, 11) is 0. The Morgan fingerprint density at radius 3 is 3.00 bits per heavy atom. The molecule has 0 bridgehead atoms. The lowest BCUT2D eigenvalue weighted by molar-refractivity contribution is 0.307. The molecule has 1 aromatic rings. The van der Waals surface area contributed by atoms with Crippen LogP contribution in [0.5, 0.6) is 5.75 Å². The second-order valence-corrected chi connectivity index (χ2v) is 3.68. The van der Waals surface area contributed by atoms with Gasteiger partial charge in [-0.2, -0.15) is 5.26 Å². The topological polar surface area (TPSA) is 65.6 Å². The van der Waals surface area contributed by atoms with Gasteiger partial charge in [0.1, 0.15) is 5.75 Å². The number of rotatable bonds is 6. The van der Waals surface area contributed by atoms with E-state index in [0.717, 1.165) is 24.2 Å². The molecule has 1 rings (SSSR count). The highest BCUT2D eigenvalue weighted by Crippen LogP contribution is 2.14. The van der Waals surface area contributed by atoms with Crippen LogP contribution in [0.2, 0.25) is 0 Å². The molecule has 4 heteroatoms. The molecule has 0 amide bonds. The molecule has 4 nitrogen and oxygen atoms in total. The number of nitriles is 1. The van der Waals surface area contributed by atoms with Gasteiger partial charge in [0, 0.05) is 12.0 Å². The van der Waals surface area contributed by atoms with E-state index in [9.17, 15) is 0 Å². The highest BCUT2D eigenvalue weighted by molar-refractivity contribution is 5.98. The smallest absolute Gasteiger partial charge is 0.119 e. The first kappa shape index (κ1) is 13.0. The molecule has 1 N–H and O–H groups in total. The first-order valence-corrected chi connectivity index (χ1v) is 5.56. The van der Waals surface area contributed by atoms with Crippen molar-refractivity contribution in [1.82, 2.24) is 0 Å². The van der Waals surface area contributed by atoms with Crippen molar-refractivity contribution in [2.75, 3.05) is 6.61 Å². The third-order valence-electron chi connectivity index (χ3n) is 2.35. The lowest BCUT2D eigenvalue weighted by Crippen LogP contribution is -1.99. The lowest BCUT2D eigenvalue weighted by Gasteiger charge is -2.06. The SMILES string of the molecule is C/C(=N/O)c1cccc(OCCCCC#N)c1. The molecule has 0 atom stereocenters. The number of hydrogen-bond donors (Lipinski definition) is 1. The van der Waals surface area contributed by atoms with Crippen molar-refractivity contribution in [1.29, 1.82) is 5.26 Å². The van der Waals surface area contributed by atoms with E-state index >= 15 is 0 Å². The summed E-state index contributed by atoms with van der Waals surface area (Å²) >= 11 is 0. The first-order valence-electron chi connectivity index (χ1n) is 5.56. The highest BCUT2D eigenvalue weighted by atomic mass is 16.5. The molecule has 0 aliphatic carbocycles. The Morgan fingerprint density at radius 2 is 2.29 bits per heavy atom. The number of nitrogens with zero attached hydrogens (tertiary/aromatic N) is 2. The molecule has 0 aliphatic heterocycles. The molecule has 0 saturated carbocycles. The molecule has 1 aromatic carbocycles. The summed E-state index contributed by atoms with van der Waals surface area (Å²) < 4.78 is 5.54. The van der Waals surface area contributed by atoms with E-state index in [4.69, 9.17) is 15.2 Å². The first-order chi connectivity index (χ1) is 8.27. The zero-order valence-electron chi connectivity index (χ0n) is 9.89. The third-order valence-corrected chi connectivity index (χ3v) is 2.35. The van der Waals surface area contributed by atoms with Crippen LogP contribution in [0, 0.1) is 11.3 Å². The summed E-state index contributed by atoms with van der Waals surface area (Å²) in [6.07, 6.45) is 2.29. The fourth-order valence-corrected chi connectivity index (χ4v) is 1.36. The van der Waals surface area contributed by atoms with E-state index in [1.165, 1.54) is 0 Å². The van der Waals surface area contributed by atoms with Gasteiger partial charge in [-0.05, 0) is 31.9 Å². The molecule has 0 heterocycles. The van der Waals surface area contributed by atoms with Crippen LogP contribution in [0.25, 0.3) is 0 Å². The molecule has 0 aromatic heterocycles. The monoisotopic (exact) mass is 232 g/mol. The molecule has 90 valence electrons. The fourth-order valence-electron chi connectivity index (χ4n) is 1.36. The Balaban J connectivity index is 2.47. The van der Waals surface area contributed by atoms with Crippen molar-refractivity contribution in [3.63, 3.8) is 0 Å². The maximum atomic E-state index is 8.67. The molecule has 0 fully saturated rings. The predicted molar refractivity (Wildman–Crippen MR) is 65.4 cm³/mol. The average molecular weight is 232 g/mol. The Hall–Kier alpha value is -2.02. The fraction of sp³-hybridized carbons (Fsp3) is 0.385. The normalized spacial score (nSPS) is 10.9. The molecule has 0 radical (unpaired) electrons. The van der Waals surface area contributed by atoms with Gasteiger partial charge in [-0.15, -0.1) is 0 Å². The average Bonchev–Trinajstić information content (AvgIpc) is 2.38. The van der Waals surface area contributed by atoms with Crippen molar-refractivity contribution in [3.05, 3.63) is 29.8 Å². The molecule has 0 aliphatic rings. The third kappa shape index (κ3) is 4.56. The summed E-state index contributed by atoms with van der Waals surface area (Å²) in [6.45, 7) is 2.33. The number of benzene rings is 1. The molecule has 0 unspecified atom stereocenters. The van der Waals surface area contributed by atoms with Crippen molar-refractivity contribution in [2.45, 2.75) is 26.2 Å². The van der Waals surface area contributed by atoms with E-state index in [1.807, 2.05) is 24.3 Å². The highest BCUT2D eigenvalue weighted by Gasteiger charge is 2.00. The maximum Gasteiger partial charge on any atom is 0.119 e. The van der Waals surface area contributed by atoms with Gasteiger partial charge in [0.25, 0.3) is 0 Å². The number of unbranched alkanes of at least 4 members (excludes halogenated alkanes) is 2. The molecular weight excluding hydrogens is 216 g/mol. The summed E-state index contributed by atoms with van der Waals surface area (Å²) in [5.41, 5.74) is 1.39. The van der Waals surface area contributed by atoms with Gasteiger partial charge in [-0.25, -0.2) is 0 Å². The van der Waals surface area contributed by atoms with Crippen LogP contribution in [0.4, 0.5) is 0 Å². The quantitative estimate of drug-likeness (QED) is 0.355. The number of hydrogen-bond acceptors (Lipinski definition) is 4. The largest absolute Gasteiger partial charge is 0.494 e. The zero-order chi connectivity index (χ0) is 12.5. The van der Waals surface area contributed by atoms with Gasteiger partial charge < -0.3 is 9.94 Å². The van der Waals surface area contributed by atoms with Gasteiger partial charge in [0.05, 0.1) is 18.4 Å². The number of ether oxygens (including phenoxy) is 1. The van der Waals surface area contributed by atoms with E-state index in [2.05, 4.69) is 11.2 Å². The van der Waals surface area contributed by atoms with Crippen LogP contribution in [0.3, 0.4) is 0 Å². The van der Waals surface area contributed by atoms with Gasteiger partial charge in [0.15, 0.2) is 0 Å². The van der Waals surface area contributed by atoms with Crippen LogP contribution in [-0.4, -0.2) is 17.5 Å². The van der Waals surface area contributed by atoms with Crippen molar-refractivity contribution < 1.29 is 9.94 Å².